The zero-order valence-corrected chi connectivity index (χ0v) is 18.1. The van der Waals surface area contributed by atoms with Crippen LogP contribution in [0, 0.1) is 0 Å². The summed E-state index contributed by atoms with van der Waals surface area (Å²) in [6, 6.07) is 34.1. The molecule has 0 atom stereocenters. The first-order valence-electron chi connectivity index (χ1n) is 10.5. The number of benzene rings is 4. The number of rotatable bonds is 3. The number of aromatic nitrogens is 2. The summed E-state index contributed by atoms with van der Waals surface area (Å²) >= 11 is 0. The van der Waals surface area contributed by atoms with Gasteiger partial charge in [0.2, 0.25) is 7.14 Å². The molecular weight excluding hydrogens is 411 g/mol. The quantitative estimate of drug-likeness (QED) is 0.272. The fourth-order valence-electron chi connectivity index (χ4n) is 4.55. The summed E-state index contributed by atoms with van der Waals surface area (Å²) in [5, 5.41) is 7.73. The van der Waals surface area contributed by atoms with Crippen molar-refractivity contribution >= 4 is 55.6 Å². The molecule has 2 heterocycles. The van der Waals surface area contributed by atoms with Gasteiger partial charge < -0.3 is 4.57 Å². The molecule has 6 rings (SSSR count). The van der Waals surface area contributed by atoms with Gasteiger partial charge in [0.25, 0.3) is 0 Å². The van der Waals surface area contributed by atoms with E-state index in [4.69, 9.17) is 0 Å². The monoisotopic (exact) mass is 430 g/mol. The molecular formula is C28H19N2OP. The molecule has 2 aromatic heterocycles. The molecule has 0 spiro atoms. The van der Waals surface area contributed by atoms with Gasteiger partial charge >= 0.3 is 0 Å². The maximum atomic E-state index is 14.7. The highest BCUT2D eigenvalue weighted by molar-refractivity contribution is 7.85. The highest BCUT2D eigenvalue weighted by Gasteiger charge is 2.32. The molecule has 0 N–H and O–H groups in total. The Bertz CT molecular complexity index is 1570. The van der Waals surface area contributed by atoms with Crippen molar-refractivity contribution in [2.45, 2.75) is 0 Å². The van der Waals surface area contributed by atoms with E-state index in [0.717, 1.165) is 21.5 Å². The minimum Gasteiger partial charge on any atom is -0.305 e. The minimum absolute atomic E-state index is 0.545. The van der Waals surface area contributed by atoms with E-state index >= 15 is 0 Å². The van der Waals surface area contributed by atoms with Crippen LogP contribution in [0.3, 0.4) is 0 Å². The van der Waals surface area contributed by atoms with Crippen LogP contribution in [0.25, 0.3) is 32.3 Å². The summed E-state index contributed by atoms with van der Waals surface area (Å²) in [4.78, 5) is 8.99. The summed E-state index contributed by atoms with van der Waals surface area (Å²) in [6.07, 6.45) is 3.38. The predicted octanol–water partition coefficient (Wildman–Crippen LogP) is 5.58. The lowest BCUT2D eigenvalue weighted by molar-refractivity contribution is 0.591. The van der Waals surface area contributed by atoms with Crippen LogP contribution in [-0.4, -0.2) is 9.97 Å². The molecule has 0 bridgehead atoms. The summed E-state index contributed by atoms with van der Waals surface area (Å²) in [5.41, 5.74) is 1.09. The first-order valence-corrected chi connectivity index (χ1v) is 12.2. The normalized spacial score (nSPS) is 11.9. The number of fused-ring (bicyclic) bond motifs is 6. The number of pyridine rings is 2. The van der Waals surface area contributed by atoms with Crippen LogP contribution in [0.5, 0.6) is 0 Å². The van der Waals surface area contributed by atoms with Crippen molar-refractivity contribution in [3.63, 3.8) is 0 Å². The molecule has 0 saturated heterocycles. The van der Waals surface area contributed by atoms with Gasteiger partial charge in [0.15, 0.2) is 0 Å². The second-order valence-electron chi connectivity index (χ2n) is 7.81. The fourth-order valence-corrected chi connectivity index (χ4v) is 6.96. The Hall–Kier alpha value is -3.81. The van der Waals surface area contributed by atoms with Crippen LogP contribution in [0.1, 0.15) is 0 Å². The zero-order valence-electron chi connectivity index (χ0n) is 17.2. The highest BCUT2D eigenvalue weighted by Crippen LogP contribution is 2.43. The molecule has 6 aromatic rings. The number of hydrogen-bond acceptors (Lipinski definition) is 3. The Morgan fingerprint density at radius 2 is 0.906 bits per heavy atom. The van der Waals surface area contributed by atoms with E-state index in [-0.39, 0.29) is 0 Å². The van der Waals surface area contributed by atoms with Crippen molar-refractivity contribution in [3.05, 3.63) is 116 Å². The molecule has 0 saturated carbocycles. The Morgan fingerprint density at radius 1 is 0.469 bits per heavy atom. The molecule has 0 amide bonds. The van der Waals surface area contributed by atoms with Gasteiger partial charge in [-0.15, -0.1) is 0 Å². The van der Waals surface area contributed by atoms with Crippen LogP contribution in [0.4, 0.5) is 0 Å². The number of nitrogens with zero attached hydrogens (tertiary/aromatic N) is 2. The standard InChI is InChI=1S/C28H19N2OP/c31-32(27-13-5-7-17-29-27,28-14-6-8-18-30-28)20-15-16-25-23-11-2-1-9-21(23)22-10-3-4-12-24(22)26(25)19-20/h1-19H. The zero-order chi connectivity index (χ0) is 21.5. The minimum atomic E-state index is -3.24. The number of hydrogen-bond donors (Lipinski definition) is 0. The largest absolute Gasteiger partial charge is 0.305 e. The van der Waals surface area contributed by atoms with E-state index in [1.165, 1.54) is 16.2 Å². The molecule has 0 fully saturated rings. The Labute approximate surface area is 185 Å². The maximum Gasteiger partial charge on any atom is 0.205 e. The highest BCUT2D eigenvalue weighted by atomic mass is 31.2. The van der Waals surface area contributed by atoms with E-state index in [0.29, 0.717) is 10.9 Å². The lowest BCUT2D eigenvalue weighted by Gasteiger charge is -2.19. The third-order valence-corrected chi connectivity index (χ3v) is 8.86. The SMILES string of the molecule is O=P(c1ccc2c3ccccc3c3ccccc3c2c1)(c1ccccn1)c1ccccn1. The van der Waals surface area contributed by atoms with E-state index in [9.17, 15) is 4.57 Å². The van der Waals surface area contributed by atoms with Gasteiger partial charge in [0.1, 0.15) is 10.9 Å². The molecule has 0 aliphatic rings. The van der Waals surface area contributed by atoms with E-state index in [1.807, 2.05) is 42.5 Å². The molecule has 0 aliphatic heterocycles. The van der Waals surface area contributed by atoms with Gasteiger partial charge in [-0.25, -0.2) is 0 Å². The Morgan fingerprint density at radius 3 is 1.38 bits per heavy atom. The van der Waals surface area contributed by atoms with E-state index in [2.05, 4.69) is 70.6 Å². The first-order chi connectivity index (χ1) is 15.8. The van der Waals surface area contributed by atoms with E-state index in [1.54, 1.807) is 12.4 Å². The first kappa shape index (κ1) is 18.9. The van der Waals surface area contributed by atoms with Gasteiger partial charge in [0.05, 0.1) is 0 Å². The fraction of sp³-hybridized carbons (Fsp3) is 0. The van der Waals surface area contributed by atoms with Crippen molar-refractivity contribution in [1.82, 2.24) is 9.97 Å². The Kier molecular flexibility index (Phi) is 4.38. The second kappa shape index (κ2) is 7.40. The third-order valence-electron chi connectivity index (χ3n) is 6.04. The molecule has 0 aliphatic carbocycles. The van der Waals surface area contributed by atoms with E-state index < -0.39 is 7.14 Å². The van der Waals surface area contributed by atoms with Crippen LogP contribution >= 0.6 is 7.14 Å². The van der Waals surface area contributed by atoms with Gasteiger partial charge in [-0.3, -0.25) is 9.97 Å². The molecule has 4 aromatic carbocycles. The second-order valence-corrected chi connectivity index (χ2v) is 10.5. The van der Waals surface area contributed by atoms with Gasteiger partial charge in [-0.1, -0.05) is 72.8 Å². The van der Waals surface area contributed by atoms with Crippen molar-refractivity contribution in [3.8, 4) is 0 Å². The van der Waals surface area contributed by atoms with Crippen LogP contribution in [-0.2, 0) is 4.57 Å². The molecule has 4 heteroatoms. The molecule has 32 heavy (non-hydrogen) atoms. The smallest absolute Gasteiger partial charge is 0.205 e. The summed E-state index contributed by atoms with van der Waals surface area (Å²) in [6.45, 7) is 0. The maximum absolute atomic E-state index is 14.7. The van der Waals surface area contributed by atoms with Crippen LogP contribution in [0.15, 0.2) is 116 Å². The van der Waals surface area contributed by atoms with Crippen LogP contribution < -0.4 is 16.2 Å². The van der Waals surface area contributed by atoms with Gasteiger partial charge in [-0.05, 0) is 62.6 Å². The predicted molar refractivity (Wildman–Crippen MR) is 134 cm³/mol. The summed E-state index contributed by atoms with van der Waals surface area (Å²) in [5.74, 6) is 0. The van der Waals surface area contributed by atoms with Crippen LogP contribution in [0.2, 0.25) is 0 Å². The summed E-state index contributed by atoms with van der Waals surface area (Å²) in [7, 11) is -3.24. The lowest BCUT2D eigenvalue weighted by atomic mass is 9.94. The average Bonchev–Trinajstić information content (AvgIpc) is 2.89. The molecule has 0 unspecified atom stereocenters. The molecule has 3 nitrogen and oxygen atoms in total. The van der Waals surface area contributed by atoms with Crippen molar-refractivity contribution < 1.29 is 4.57 Å². The summed E-state index contributed by atoms with van der Waals surface area (Å²) < 4.78 is 14.7. The van der Waals surface area contributed by atoms with Crippen molar-refractivity contribution in [2.75, 3.05) is 0 Å². The molecule has 0 radical (unpaired) electrons. The molecule has 152 valence electrons. The lowest BCUT2D eigenvalue weighted by Crippen LogP contribution is -2.28. The van der Waals surface area contributed by atoms with Crippen molar-refractivity contribution in [1.29, 1.82) is 0 Å². The van der Waals surface area contributed by atoms with Gasteiger partial charge in [-0.2, -0.15) is 0 Å². The topological polar surface area (TPSA) is 42.9 Å². The van der Waals surface area contributed by atoms with Crippen molar-refractivity contribution in [2.24, 2.45) is 0 Å². The average molecular weight is 430 g/mol. The van der Waals surface area contributed by atoms with Gasteiger partial charge in [0, 0.05) is 17.7 Å². The third kappa shape index (κ3) is 2.79. The Balaban J connectivity index is 1.73.